The van der Waals surface area contributed by atoms with Gasteiger partial charge in [-0.05, 0) is 28.6 Å². The molecule has 0 amide bonds. The molecule has 1 aliphatic rings. The summed E-state index contributed by atoms with van der Waals surface area (Å²) >= 11 is 0. The second kappa shape index (κ2) is 5.72. The van der Waals surface area contributed by atoms with Gasteiger partial charge in [-0.3, -0.25) is 0 Å². The summed E-state index contributed by atoms with van der Waals surface area (Å²) in [5.41, 5.74) is 0.125. The zero-order valence-electron chi connectivity index (χ0n) is 12.7. The van der Waals surface area contributed by atoms with Crippen LogP contribution in [-0.2, 0) is 19.1 Å². The second-order valence-corrected chi connectivity index (χ2v) is 5.30. The maximum Gasteiger partial charge on any atom is 0.350 e. The minimum atomic E-state index is -1.34. The monoisotopic (exact) mass is 333 g/mol. The molecule has 0 spiro atoms. The summed E-state index contributed by atoms with van der Waals surface area (Å²) in [6.07, 6.45) is 2.37. The predicted octanol–water partition coefficient (Wildman–Crippen LogP) is 0.933. The highest BCUT2D eigenvalue weighted by atomic mass is 19.1. The summed E-state index contributed by atoms with van der Waals surface area (Å²) < 4.78 is 25.1. The zero-order valence-corrected chi connectivity index (χ0v) is 12.7. The van der Waals surface area contributed by atoms with Crippen molar-refractivity contribution in [3.63, 3.8) is 0 Å². The van der Waals surface area contributed by atoms with E-state index in [1.165, 1.54) is 43.1 Å². The first-order valence-corrected chi connectivity index (χ1v) is 6.82. The maximum absolute atomic E-state index is 13.9. The summed E-state index contributed by atoms with van der Waals surface area (Å²) in [5, 5.41) is 13.2. The summed E-state index contributed by atoms with van der Waals surface area (Å²) in [6, 6.07) is 4.07. The van der Waals surface area contributed by atoms with Gasteiger partial charge in [-0.2, -0.15) is 0 Å². The molecule has 9 nitrogen and oxygen atoms in total. The van der Waals surface area contributed by atoms with Crippen LogP contribution in [0, 0.1) is 5.82 Å². The molecule has 0 bridgehead atoms. The number of benzene rings is 1. The van der Waals surface area contributed by atoms with Crippen LogP contribution in [0.15, 0.2) is 36.3 Å². The number of nitrogens with zero attached hydrogens (tertiary/aromatic N) is 4. The molecule has 0 unspecified atom stereocenters. The highest BCUT2D eigenvalue weighted by molar-refractivity contribution is 6.15. The van der Waals surface area contributed by atoms with Gasteiger partial charge in [-0.15, -0.1) is 5.10 Å². The van der Waals surface area contributed by atoms with Gasteiger partial charge in [0, 0.05) is 20.0 Å². The van der Waals surface area contributed by atoms with Crippen LogP contribution in [0.3, 0.4) is 0 Å². The van der Waals surface area contributed by atoms with E-state index in [1.807, 2.05) is 0 Å². The molecule has 10 heteroatoms. The van der Waals surface area contributed by atoms with Gasteiger partial charge in [0.05, 0.1) is 11.4 Å². The van der Waals surface area contributed by atoms with Crippen molar-refractivity contribution in [1.29, 1.82) is 0 Å². The van der Waals surface area contributed by atoms with Crippen LogP contribution in [0.4, 0.5) is 10.1 Å². The number of aromatic nitrogens is 4. The number of carbonyl (C=O) groups excluding carboxylic acids is 2. The SMILES string of the molecule is CC1(C)OC(=O)C(=CNc2cc(-n3cnnn3)ccc2F)C(=O)O1. The lowest BCUT2D eigenvalue weighted by Gasteiger charge is -2.29. The Bertz CT molecular complexity index is 810. The fraction of sp³-hybridized carbons (Fsp3) is 0.214. The van der Waals surface area contributed by atoms with Crippen molar-refractivity contribution in [2.24, 2.45) is 0 Å². The Morgan fingerprint density at radius 2 is 1.96 bits per heavy atom. The summed E-state index contributed by atoms with van der Waals surface area (Å²) in [7, 11) is 0. The first-order chi connectivity index (χ1) is 11.4. The Morgan fingerprint density at radius 3 is 2.58 bits per heavy atom. The van der Waals surface area contributed by atoms with Crippen molar-refractivity contribution in [3.05, 3.63) is 42.1 Å². The third kappa shape index (κ3) is 3.07. The summed E-state index contributed by atoms with van der Waals surface area (Å²) in [5.74, 6) is -3.65. The number of rotatable bonds is 3. The van der Waals surface area contributed by atoms with E-state index in [4.69, 9.17) is 9.47 Å². The largest absolute Gasteiger partial charge is 0.419 e. The molecule has 2 heterocycles. The van der Waals surface area contributed by atoms with E-state index in [1.54, 1.807) is 0 Å². The van der Waals surface area contributed by atoms with Gasteiger partial charge in [0.25, 0.3) is 5.79 Å². The van der Waals surface area contributed by atoms with Crippen molar-refractivity contribution in [1.82, 2.24) is 20.2 Å². The van der Waals surface area contributed by atoms with Gasteiger partial charge in [0.15, 0.2) is 5.57 Å². The molecule has 1 saturated heterocycles. The Balaban J connectivity index is 1.85. The minimum Gasteiger partial charge on any atom is -0.419 e. The molecule has 2 aromatic rings. The first kappa shape index (κ1) is 15.6. The molecule has 1 aliphatic heterocycles. The van der Waals surface area contributed by atoms with Gasteiger partial charge in [0.1, 0.15) is 12.1 Å². The van der Waals surface area contributed by atoms with Crippen molar-refractivity contribution in [3.8, 4) is 5.69 Å². The smallest absolute Gasteiger partial charge is 0.350 e. The molecule has 0 aliphatic carbocycles. The average molecular weight is 333 g/mol. The normalized spacial score (nSPS) is 16.4. The molecule has 0 atom stereocenters. The Kier molecular flexibility index (Phi) is 3.72. The Morgan fingerprint density at radius 1 is 1.25 bits per heavy atom. The van der Waals surface area contributed by atoms with Crippen molar-refractivity contribution < 1.29 is 23.5 Å². The van der Waals surface area contributed by atoms with Gasteiger partial charge in [0.2, 0.25) is 0 Å². The Labute approximate surface area is 135 Å². The van der Waals surface area contributed by atoms with Crippen LogP contribution in [0.25, 0.3) is 5.69 Å². The van der Waals surface area contributed by atoms with Gasteiger partial charge in [-0.1, -0.05) is 0 Å². The number of nitrogens with one attached hydrogen (secondary N) is 1. The molecule has 1 fully saturated rings. The molecule has 0 saturated carbocycles. The fourth-order valence-corrected chi connectivity index (χ4v) is 1.97. The van der Waals surface area contributed by atoms with Crippen LogP contribution in [0.2, 0.25) is 0 Å². The van der Waals surface area contributed by atoms with Gasteiger partial charge in [-0.25, -0.2) is 18.7 Å². The third-order valence-electron chi connectivity index (χ3n) is 3.05. The quantitative estimate of drug-likeness (QED) is 0.502. The van der Waals surface area contributed by atoms with E-state index in [-0.39, 0.29) is 11.3 Å². The van der Waals surface area contributed by atoms with E-state index < -0.39 is 23.5 Å². The van der Waals surface area contributed by atoms with Crippen LogP contribution in [0.5, 0.6) is 0 Å². The van der Waals surface area contributed by atoms with Crippen LogP contribution in [0.1, 0.15) is 13.8 Å². The number of tetrazole rings is 1. The molecule has 24 heavy (non-hydrogen) atoms. The molecule has 124 valence electrons. The lowest BCUT2D eigenvalue weighted by atomic mass is 10.2. The lowest BCUT2D eigenvalue weighted by Crippen LogP contribution is -2.42. The number of cyclic esters (lactones) is 2. The molecular formula is C14H12FN5O4. The van der Waals surface area contributed by atoms with Crippen molar-refractivity contribution >= 4 is 17.6 Å². The molecule has 3 rings (SSSR count). The Hall–Kier alpha value is -3.30. The van der Waals surface area contributed by atoms with Crippen molar-refractivity contribution in [2.45, 2.75) is 19.6 Å². The number of halogens is 1. The maximum atomic E-state index is 13.9. The van der Waals surface area contributed by atoms with Crippen LogP contribution >= 0.6 is 0 Å². The minimum absolute atomic E-state index is 0.0148. The second-order valence-electron chi connectivity index (χ2n) is 5.30. The number of anilines is 1. The number of esters is 2. The van der Waals surface area contributed by atoms with E-state index in [0.717, 1.165) is 6.20 Å². The standard InChI is InChI=1S/C14H12FN5O4/c1-14(2)23-12(21)9(13(22)24-14)6-16-11-5-8(3-4-10(11)15)20-7-17-18-19-20/h3-7,16H,1-2H3. The average Bonchev–Trinajstić information content (AvgIpc) is 3.01. The summed E-state index contributed by atoms with van der Waals surface area (Å²) in [4.78, 5) is 23.6. The van der Waals surface area contributed by atoms with E-state index in [9.17, 15) is 14.0 Å². The number of hydrogen-bond acceptors (Lipinski definition) is 8. The molecule has 1 N–H and O–H groups in total. The van der Waals surface area contributed by atoms with E-state index in [2.05, 4.69) is 20.8 Å². The molecule has 1 aromatic heterocycles. The molecule has 0 radical (unpaired) electrons. The topological polar surface area (TPSA) is 108 Å². The van der Waals surface area contributed by atoms with Gasteiger partial charge >= 0.3 is 11.9 Å². The lowest BCUT2D eigenvalue weighted by molar-refractivity contribution is -0.222. The highest BCUT2D eigenvalue weighted by Gasteiger charge is 2.38. The molecular weight excluding hydrogens is 321 g/mol. The molecule has 1 aromatic carbocycles. The van der Waals surface area contributed by atoms with E-state index in [0.29, 0.717) is 5.69 Å². The first-order valence-electron chi connectivity index (χ1n) is 6.82. The van der Waals surface area contributed by atoms with Crippen LogP contribution < -0.4 is 5.32 Å². The zero-order chi connectivity index (χ0) is 17.3. The van der Waals surface area contributed by atoms with Crippen LogP contribution in [-0.4, -0.2) is 37.9 Å². The van der Waals surface area contributed by atoms with E-state index >= 15 is 0 Å². The van der Waals surface area contributed by atoms with Gasteiger partial charge < -0.3 is 14.8 Å². The van der Waals surface area contributed by atoms with Crippen molar-refractivity contribution in [2.75, 3.05) is 5.32 Å². The highest BCUT2D eigenvalue weighted by Crippen LogP contribution is 2.23. The number of carbonyl (C=O) groups is 2. The number of ether oxygens (including phenoxy) is 2. The summed E-state index contributed by atoms with van der Waals surface area (Å²) in [6.45, 7) is 2.87. The predicted molar refractivity (Wildman–Crippen MR) is 77.1 cm³/mol. The number of hydrogen-bond donors (Lipinski definition) is 1. The fourth-order valence-electron chi connectivity index (χ4n) is 1.97. The third-order valence-corrected chi connectivity index (χ3v) is 3.05.